The van der Waals surface area contributed by atoms with Gasteiger partial charge in [0.15, 0.2) is 0 Å². The Kier molecular flexibility index (Phi) is 5.55. The molecule has 0 saturated carbocycles. The molecule has 1 unspecified atom stereocenters. The van der Waals surface area contributed by atoms with E-state index in [2.05, 4.69) is 5.32 Å². The first-order chi connectivity index (χ1) is 10.4. The second-order valence-electron chi connectivity index (χ2n) is 5.34. The maximum Gasteiger partial charge on any atom is 0.243 e. The number of nitrogens with zero attached hydrogens (tertiary/aromatic N) is 1. The van der Waals surface area contributed by atoms with Crippen molar-refractivity contribution in [3.05, 3.63) is 24.3 Å². The molecule has 122 valence electrons. The van der Waals surface area contributed by atoms with Crippen molar-refractivity contribution in [1.82, 2.24) is 4.31 Å². The number of carbonyl (C=O) groups excluding carboxylic acids is 1. The zero-order valence-electron chi connectivity index (χ0n) is 12.9. The first-order valence-electron chi connectivity index (χ1n) is 7.44. The van der Waals surface area contributed by atoms with E-state index in [1.807, 2.05) is 13.8 Å². The van der Waals surface area contributed by atoms with Crippen LogP contribution in [0.4, 0.5) is 5.69 Å². The van der Waals surface area contributed by atoms with Crippen LogP contribution < -0.4 is 5.32 Å². The standard InChI is InChI=1S/C15H22N2O4S/c1-3-12(2)15(18)16-13-5-4-6-14(11-13)22(19,20)17-7-9-21-10-8-17/h4-6,11-12H,3,7-10H2,1-2H3,(H,16,18). The highest BCUT2D eigenvalue weighted by atomic mass is 32.2. The molecule has 1 aromatic carbocycles. The summed E-state index contributed by atoms with van der Waals surface area (Å²) in [6.07, 6.45) is 0.734. The number of nitrogens with one attached hydrogen (secondary N) is 1. The predicted molar refractivity (Wildman–Crippen MR) is 84.1 cm³/mol. The lowest BCUT2D eigenvalue weighted by atomic mass is 10.1. The van der Waals surface area contributed by atoms with Gasteiger partial charge in [-0.05, 0) is 24.6 Å². The highest BCUT2D eigenvalue weighted by molar-refractivity contribution is 7.89. The molecule has 1 saturated heterocycles. The molecule has 6 nitrogen and oxygen atoms in total. The molecule has 1 N–H and O–H groups in total. The normalized spacial score (nSPS) is 17.9. The Morgan fingerprint density at radius 1 is 1.36 bits per heavy atom. The Morgan fingerprint density at radius 3 is 2.68 bits per heavy atom. The molecule has 1 aromatic rings. The third-order valence-corrected chi connectivity index (χ3v) is 5.66. The summed E-state index contributed by atoms with van der Waals surface area (Å²) in [6.45, 7) is 5.29. The van der Waals surface area contributed by atoms with Crippen molar-refractivity contribution >= 4 is 21.6 Å². The van der Waals surface area contributed by atoms with Gasteiger partial charge >= 0.3 is 0 Å². The van der Waals surface area contributed by atoms with Crippen molar-refractivity contribution in [3.8, 4) is 0 Å². The van der Waals surface area contributed by atoms with Crippen LogP contribution >= 0.6 is 0 Å². The number of carbonyl (C=O) groups is 1. The quantitative estimate of drug-likeness (QED) is 0.893. The van der Waals surface area contributed by atoms with Crippen LogP contribution in [0.15, 0.2) is 29.2 Å². The van der Waals surface area contributed by atoms with Gasteiger partial charge in [0.1, 0.15) is 0 Å². The summed E-state index contributed by atoms with van der Waals surface area (Å²) in [5, 5.41) is 2.76. The topological polar surface area (TPSA) is 75.7 Å². The molecule has 22 heavy (non-hydrogen) atoms. The number of sulfonamides is 1. The van der Waals surface area contributed by atoms with Crippen molar-refractivity contribution in [2.75, 3.05) is 31.6 Å². The lowest BCUT2D eigenvalue weighted by molar-refractivity contribution is -0.119. The van der Waals surface area contributed by atoms with Crippen molar-refractivity contribution in [2.24, 2.45) is 5.92 Å². The van der Waals surface area contributed by atoms with Crippen LogP contribution in [0.2, 0.25) is 0 Å². The van der Waals surface area contributed by atoms with Crippen molar-refractivity contribution in [3.63, 3.8) is 0 Å². The van der Waals surface area contributed by atoms with E-state index in [9.17, 15) is 13.2 Å². The molecule has 1 aliphatic heterocycles. The first-order valence-corrected chi connectivity index (χ1v) is 8.88. The average Bonchev–Trinajstić information content (AvgIpc) is 2.55. The van der Waals surface area contributed by atoms with Crippen molar-refractivity contribution in [1.29, 1.82) is 0 Å². The van der Waals surface area contributed by atoms with E-state index < -0.39 is 10.0 Å². The minimum Gasteiger partial charge on any atom is -0.379 e. The van der Waals surface area contributed by atoms with Gasteiger partial charge in [-0.3, -0.25) is 4.79 Å². The van der Waals surface area contributed by atoms with E-state index >= 15 is 0 Å². The van der Waals surface area contributed by atoms with Crippen LogP contribution in [0, 0.1) is 5.92 Å². The van der Waals surface area contributed by atoms with Crippen molar-refractivity contribution < 1.29 is 17.9 Å². The Balaban J connectivity index is 2.18. The van der Waals surface area contributed by atoms with E-state index in [0.29, 0.717) is 32.0 Å². The fraction of sp³-hybridized carbons (Fsp3) is 0.533. The molecule has 0 radical (unpaired) electrons. The minimum absolute atomic E-state index is 0.108. The zero-order valence-corrected chi connectivity index (χ0v) is 13.7. The molecule has 2 rings (SSSR count). The van der Waals surface area contributed by atoms with Gasteiger partial charge in [0.05, 0.1) is 18.1 Å². The van der Waals surface area contributed by atoms with E-state index in [1.54, 1.807) is 18.2 Å². The van der Waals surface area contributed by atoms with Gasteiger partial charge in [-0.15, -0.1) is 0 Å². The largest absolute Gasteiger partial charge is 0.379 e. The van der Waals surface area contributed by atoms with Crippen LogP contribution in [0.1, 0.15) is 20.3 Å². The Labute approximate surface area is 131 Å². The monoisotopic (exact) mass is 326 g/mol. The highest BCUT2D eigenvalue weighted by Crippen LogP contribution is 2.21. The third kappa shape index (κ3) is 3.85. The number of ether oxygens (including phenoxy) is 1. The lowest BCUT2D eigenvalue weighted by Crippen LogP contribution is -2.40. The number of amides is 1. The summed E-state index contributed by atoms with van der Waals surface area (Å²) < 4.78 is 31.7. The number of hydrogen-bond donors (Lipinski definition) is 1. The highest BCUT2D eigenvalue weighted by Gasteiger charge is 2.26. The number of rotatable bonds is 5. The molecule has 1 heterocycles. The molecule has 0 bridgehead atoms. The SMILES string of the molecule is CCC(C)C(=O)Nc1cccc(S(=O)(=O)N2CCOCC2)c1. The summed E-state index contributed by atoms with van der Waals surface area (Å²) in [5.41, 5.74) is 0.500. The maximum absolute atomic E-state index is 12.6. The zero-order chi connectivity index (χ0) is 16.2. The van der Waals surface area contributed by atoms with E-state index in [0.717, 1.165) is 6.42 Å². The molecule has 0 aliphatic carbocycles. The van der Waals surface area contributed by atoms with Gasteiger partial charge in [0.25, 0.3) is 0 Å². The van der Waals surface area contributed by atoms with Gasteiger partial charge in [0.2, 0.25) is 15.9 Å². The van der Waals surface area contributed by atoms with Gasteiger partial charge in [-0.1, -0.05) is 19.9 Å². The summed E-state index contributed by atoms with van der Waals surface area (Å²) in [6, 6.07) is 6.38. The van der Waals surface area contributed by atoms with Gasteiger partial charge in [-0.25, -0.2) is 8.42 Å². The number of benzene rings is 1. The fourth-order valence-electron chi connectivity index (χ4n) is 2.12. The second-order valence-corrected chi connectivity index (χ2v) is 7.28. The second kappa shape index (κ2) is 7.21. The molecular weight excluding hydrogens is 304 g/mol. The molecule has 0 aromatic heterocycles. The van der Waals surface area contributed by atoms with Crippen LogP contribution in [-0.2, 0) is 19.6 Å². The summed E-state index contributed by atoms with van der Waals surface area (Å²) >= 11 is 0. The molecule has 1 aliphatic rings. The molecule has 7 heteroatoms. The Morgan fingerprint density at radius 2 is 2.05 bits per heavy atom. The van der Waals surface area contributed by atoms with E-state index in [-0.39, 0.29) is 16.7 Å². The van der Waals surface area contributed by atoms with E-state index in [1.165, 1.54) is 10.4 Å². The molecule has 1 fully saturated rings. The molecule has 1 atom stereocenters. The van der Waals surface area contributed by atoms with Crippen LogP contribution in [0.3, 0.4) is 0 Å². The summed E-state index contributed by atoms with van der Waals surface area (Å²) in [7, 11) is -3.54. The predicted octanol–water partition coefficient (Wildman–Crippen LogP) is 1.69. The molecular formula is C15H22N2O4S. The van der Waals surface area contributed by atoms with Crippen LogP contribution in [0.25, 0.3) is 0 Å². The van der Waals surface area contributed by atoms with Crippen LogP contribution in [-0.4, -0.2) is 44.9 Å². The van der Waals surface area contributed by atoms with Crippen molar-refractivity contribution in [2.45, 2.75) is 25.2 Å². The number of hydrogen-bond acceptors (Lipinski definition) is 4. The number of anilines is 1. The fourth-order valence-corrected chi connectivity index (χ4v) is 3.58. The summed E-state index contributed by atoms with van der Waals surface area (Å²) in [4.78, 5) is 12.1. The minimum atomic E-state index is -3.54. The van der Waals surface area contributed by atoms with Gasteiger partial charge < -0.3 is 10.1 Å². The number of morpholine rings is 1. The summed E-state index contributed by atoms with van der Waals surface area (Å²) in [5.74, 6) is -0.220. The van der Waals surface area contributed by atoms with Gasteiger partial charge in [-0.2, -0.15) is 4.31 Å². The average molecular weight is 326 g/mol. The van der Waals surface area contributed by atoms with Crippen LogP contribution in [0.5, 0.6) is 0 Å². The maximum atomic E-state index is 12.6. The smallest absolute Gasteiger partial charge is 0.243 e. The van der Waals surface area contributed by atoms with E-state index in [4.69, 9.17) is 4.74 Å². The van der Waals surface area contributed by atoms with Gasteiger partial charge in [0, 0.05) is 24.7 Å². The Hall–Kier alpha value is -1.44. The molecule has 0 spiro atoms. The Bertz CT molecular complexity index is 624. The lowest BCUT2D eigenvalue weighted by Gasteiger charge is -2.26. The third-order valence-electron chi connectivity index (χ3n) is 3.77. The molecule has 1 amide bonds. The first kappa shape index (κ1) is 16.9.